The highest BCUT2D eigenvalue weighted by Gasteiger charge is 2.33. The van der Waals surface area contributed by atoms with Crippen molar-refractivity contribution in [3.05, 3.63) is 11.5 Å². The average Bonchev–Trinajstić information content (AvgIpc) is 3.50. The van der Waals surface area contributed by atoms with Crippen LogP contribution in [0.15, 0.2) is 16.5 Å². The minimum absolute atomic E-state index is 0.138. The van der Waals surface area contributed by atoms with Gasteiger partial charge in [-0.05, 0) is 49.4 Å². The second kappa shape index (κ2) is 10.8. The Bertz CT molecular complexity index is 572. The third-order valence-electron chi connectivity index (χ3n) is 5.96. The maximum Gasteiger partial charge on any atom is 0.234 e. The van der Waals surface area contributed by atoms with E-state index in [4.69, 9.17) is 21.7 Å². The summed E-state index contributed by atoms with van der Waals surface area (Å²) in [6, 6.07) is 0. The van der Waals surface area contributed by atoms with Crippen molar-refractivity contribution in [1.29, 1.82) is 5.41 Å². The number of aliphatic imine (C=N–C) groups is 1. The molecule has 7 heteroatoms. The molecule has 0 spiro atoms. The van der Waals surface area contributed by atoms with E-state index < -0.39 is 5.38 Å². The number of nitrogens with one attached hydrogen (secondary N) is 1. The zero-order valence-corrected chi connectivity index (χ0v) is 16.7. The van der Waals surface area contributed by atoms with E-state index in [1.54, 1.807) is 0 Å². The summed E-state index contributed by atoms with van der Waals surface area (Å²) in [7, 11) is 0. The number of nitrogens with zero attached hydrogens (tertiary/aromatic N) is 1. The number of allylic oxidation sites excluding steroid dienone is 2. The van der Waals surface area contributed by atoms with Crippen molar-refractivity contribution in [3.63, 3.8) is 0 Å². The van der Waals surface area contributed by atoms with E-state index in [2.05, 4.69) is 11.9 Å². The van der Waals surface area contributed by atoms with E-state index in [0.29, 0.717) is 43.5 Å². The number of aliphatic hydroxyl groups excluding tert-OH is 2. The maximum absolute atomic E-state index is 10.4. The van der Waals surface area contributed by atoms with Gasteiger partial charge >= 0.3 is 0 Å². The normalized spacial score (nSPS) is 24.5. The molecule has 2 rings (SSSR count). The van der Waals surface area contributed by atoms with E-state index in [9.17, 15) is 15.0 Å². The lowest BCUT2D eigenvalue weighted by Crippen LogP contribution is -2.33. The third kappa shape index (κ3) is 6.63. The van der Waals surface area contributed by atoms with Crippen LogP contribution in [0.5, 0.6) is 0 Å². The highest BCUT2D eigenvalue weighted by molar-refractivity contribution is 6.28. The van der Waals surface area contributed by atoms with Gasteiger partial charge in [-0.25, -0.2) is 9.79 Å². The second-order valence-corrected chi connectivity index (χ2v) is 8.49. The molecule has 2 aliphatic rings. The summed E-state index contributed by atoms with van der Waals surface area (Å²) in [5.74, 6) is 1.92. The van der Waals surface area contributed by atoms with Crippen LogP contribution in [-0.2, 0) is 9.53 Å². The molecular formula is C20H31ClN2O4. The van der Waals surface area contributed by atoms with Gasteiger partial charge in [-0.3, -0.25) is 0 Å². The number of carbonyl (C=O) groups excluding carboxylic acids is 1. The van der Waals surface area contributed by atoms with Crippen LogP contribution in [0.2, 0.25) is 0 Å². The van der Waals surface area contributed by atoms with E-state index >= 15 is 0 Å². The van der Waals surface area contributed by atoms with Crippen molar-refractivity contribution < 1.29 is 19.7 Å². The number of rotatable bonds is 12. The highest BCUT2D eigenvalue weighted by Crippen LogP contribution is 2.39. The lowest BCUT2D eigenvalue weighted by Gasteiger charge is -2.34. The maximum atomic E-state index is 10.4. The summed E-state index contributed by atoms with van der Waals surface area (Å²) >= 11 is 6.34. The third-order valence-corrected chi connectivity index (χ3v) is 6.41. The number of hydrogen-bond donors (Lipinski definition) is 3. The monoisotopic (exact) mass is 398 g/mol. The van der Waals surface area contributed by atoms with Gasteiger partial charge in [0.05, 0.1) is 18.5 Å². The van der Waals surface area contributed by atoms with Crippen LogP contribution in [-0.4, -0.2) is 47.6 Å². The fourth-order valence-corrected chi connectivity index (χ4v) is 4.17. The van der Waals surface area contributed by atoms with E-state index in [0.717, 1.165) is 12.2 Å². The van der Waals surface area contributed by atoms with Gasteiger partial charge in [0.2, 0.25) is 6.08 Å². The molecule has 1 saturated carbocycles. The fourth-order valence-electron chi connectivity index (χ4n) is 3.86. The lowest BCUT2D eigenvalue weighted by atomic mass is 9.74. The van der Waals surface area contributed by atoms with Crippen molar-refractivity contribution in [2.24, 2.45) is 34.6 Å². The zero-order valence-electron chi connectivity index (χ0n) is 15.9. The van der Waals surface area contributed by atoms with Crippen LogP contribution in [0.1, 0.15) is 45.4 Å². The van der Waals surface area contributed by atoms with Gasteiger partial charge in [0.1, 0.15) is 11.5 Å². The van der Waals surface area contributed by atoms with Crippen molar-refractivity contribution in [2.75, 3.05) is 19.8 Å². The van der Waals surface area contributed by atoms with Gasteiger partial charge in [0.25, 0.3) is 0 Å². The Morgan fingerprint density at radius 2 is 2.19 bits per heavy atom. The number of aliphatic hydroxyl groups is 2. The Labute approximate surface area is 166 Å². The first-order valence-corrected chi connectivity index (χ1v) is 10.3. The summed E-state index contributed by atoms with van der Waals surface area (Å²) in [5.41, 5.74) is 0. The van der Waals surface area contributed by atoms with Crippen LogP contribution < -0.4 is 0 Å². The predicted octanol–water partition coefficient (Wildman–Crippen LogP) is 3.83. The molecule has 0 aromatic heterocycles. The van der Waals surface area contributed by atoms with Crippen molar-refractivity contribution in [2.45, 2.75) is 50.8 Å². The number of hydrogen-bond acceptors (Lipinski definition) is 6. The molecule has 152 valence electrons. The van der Waals surface area contributed by atoms with Crippen molar-refractivity contribution in [3.8, 4) is 0 Å². The van der Waals surface area contributed by atoms with Gasteiger partial charge in [-0.1, -0.05) is 6.92 Å². The standard InChI is InChI=1S/C20H31ClN2O4/c1-13(6-17(18(21)8-22)16(10-24)9-23-12-25)15-4-5-19(26)20(7-15)27-11-14-2-3-14/h8,13-18,22,24,26H,2-7,9-11H2,1H3/t13-,15-,16?,17?,18?/m0/s1. The minimum atomic E-state index is -0.524. The molecule has 0 aliphatic heterocycles. The Morgan fingerprint density at radius 1 is 1.44 bits per heavy atom. The molecule has 0 radical (unpaired) electrons. The Kier molecular flexibility index (Phi) is 8.81. The highest BCUT2D eigenvalue weighted by atomic mass is 35.5. The smallest absolute Gasteiger partial charge is 0.234 e. The molecule has 1 fully saturated rings. The molecule has 5 atom stereocenters. The first kappa shape index (κ1) is 21.9. The number of alkyl halides is 1. The number of isocyanates is 1. The van der Waals surface area contributed by atoms with Crippen LogP contribution in [0.4, 0.5) is 0 Å². The Hall–Kier alpha value is -1.36. The molecule has 6 nitrogen and oxygen atoms in total. The molecular weight excluding hydrogens is 368 g/mol. The van der Waals surface area contributed by atoms with Gasteiger partial charge in [0.15, 0.2) is 0 Å². The van der Waals surface area contributed by atoms with Crippen molar-refractivity contribution in [1.82, 2.24) is 0 Å². The first-order valence-electron chi connectivity index (χ1n) is 9.83. The molecule has 27 heavy (non-hydrogen) atoms. The molecule has 0 saturated heterocycles. The van der Waals surface area contributed by atoms with Crippen LogP contribution >= 0.6 is 11.6 Å². The zero-order chi connectivity index (χ0) is 19.8. The Morgan fingerprint density at radius 3 is 2.78 bits per heavy atom. The lowest BCUT2D eigenvalue weighted by molar-refractivity contribution is 0.116. The molecule has 0 aromatic carbocycles. The number of halogens is 1. The largest absolute Gasteiger partial charge is 0.509 e. The summed E-state index contributed by atoms with van der Waals surface area (Å²) in [6.07, 6.45) is 8.04. The molecule has 0 heterocycles. The van der Waals surface area contributed by atoms with Gasteiger partial charge in [-0.15, -0.1) is 11.6 Å². The average molecular weight is 399 g/mol. The summed E-state index contributed by atoms with van der Waals surface area (Å²) in [4.78, 5) is 14.1. The van der Waals surface area contributed by atoms with E-state index in [1.165, 1.54) is 25.1 Å². The van der Waals surface area contributed by atoms with Gasteiger partial charge < -0.3 is 20.4 Å². The Balaban J connectivity index is 1.99. The second-order valence-electron chi connectivity index (χ2n) is 7.99. The van der Waals surface area contributed by atoms with Crippen molar-refractivity contribution >= 4 is 23.9 Å². The van der Waals surface area contributed by atoms with Gasteiger partial charge in [-0.2, -0.15) is 0 Å². The van der Waals surface area contributed by atoms with E-state index in [1.807, 2.05) is 0 Å². The summed E-state index contributed by atoms with van der Waals surface area (Å²) < 4.78 is 5.86. The van der Waals surface area contributed by atoms with Crippen LogP contribution in [0, 0.1) is 35.0 Å². The first-order chi connectivity index (χ1) is 13.0. The molecule has 3 unspecified atom stereocenters. The fraction of sp³-hybridized carbons (Fsp3) is 0.800. The van der Waals surface area contributed by atoms with Crippen LogP contribution in [0.3, 0.4) is 0 Å². The molecule has 0 bridgehead atoms. The van der Waals surface area contributed by atoms with E-state index in [-0.39, 0.29) is 30.9 Å². The molecule has 0 aromatic rings. The number of ether oxygens (including phenoxy) is 1. The molecule has 3 N–H and O–H groups in total. The molecule has 0 amide bonds. The summed E-state index contributed by atoms with van der Waals surface area (Å²) in [5, 5.41) is 26.9. The predicted molar refractivity (Wildman–Crippen MR) is 105 cm³/mol. The van der Waals surface area contributed by atoms with Crippen LogP contribution in [0.25, 0.3) is 0 Å². The quantitative estimate of drug-likeness (QED) is 0.264. The van der Waals surface area contributed by atoms with Gasteiger partial charge in [0, 0.05) is 31.6 Å². The summed E-state index contributed by atoms with van der Waals surface area (Å²) in [6.45, 7) is 2.86. The minimum Gasteiger partial charge on any atom is -0.509 e. The SMILES string of the molecule is C[C@@H](CC(C(Cl)C=N)C(CO)CN=C=O)[C@H]1CCC(O)=C(OCC2CC2)C1. The molecule has 2 aliphatic carbocycles. The topological polar surface area (TPSA) is 103 Å².